The minimum Gasteiger partial charge on any atom is -0.494 e. The van der Waals surface area contributed by atoms with Gasteiger partial charge in [-0.3, -0.25) is 4.79 Å². The van der Waals surface area contributed by atoms with E-state index in [9.17, 15) is 4.79 Å². The molecule has 0 N–H and O–H groups in total. The lowest BCUT2D eigenvalue weighted by Gasteiger charge is -2.10. The first-order valence-corrected chi connectivity index (χ1v) is 9.13. The van der Waals surface area contributed by atoms with Gasteiger partial charge in [0.2, 0.25) is 5.16 Å². The van der Waals surface area contributed by atoms with Crippen LogP contribution in [0.15, 0.2) is 29.4 Å². The summed E-state index contributed by atoms with van der Waals surface area (Å²) in [5.41, 5.74) is 4.58. The summed E-state index contributed by atoms with van der Waals surface area (Å²) in [6.45, 7) is 5.93. The van der Waals surface area contributed by atoms with E-state index in [1.54, 1.807) is 11.8 Å². The molecule has 0 fully saturated rings. The van der Waals surface area contributed by atoms with Gasteiger partial charge in [0.15, 0.2) is 5.78 Å². The lowest BCUT2D eigenvalue weighted by Crippen LogP contribution is -2.07. The van der Waals surface area contributed by atoms with Gasteiger partial charge in [0, 0.05) is 24.0 Å². The summed E-state index contributed by atoms with van der Waals surface area (Å²) >= 11 is 1.31. The van der Waals surface area contributed by atoms with Crippen molar-refractivity contribution in [2.24, 2.45) is 7.05 Å². The van der Waals surface area contributed by atoms with E-state index in [0.717, 1.165) is 28.2 Å². The molecule has 8 heteroatoms. The molecule has 0 bridgehead atoms. The number of benzene rings is 1. The second-order valence-electron chi connectivity index (χ2n) is 6.10. The van der Waals surface area contributed by atoms with Crippen LogP contribution in [0, 0.1) is 20.8 Å². The summed E-state index contributed by atoms with van der Waals surface area (Å²) in [5.74, 6) is 0.992. The second kappa shape index (κ2) is 7.33. The van der Waals surface area contributed by atoms with E-state index in [1.165, 1.54) is 11.8 Å². The first-order chi connectivity index (χ1) is 12.4. The molecule has 2 heterocycles. The maximum atomic E-state index is 12.6. The monoisotopic (exact) mass is 371 g/mol. The molecule has 0 saturated heterocycles. The number of nitrogens with zero attached hydrogens (tertiary/aromatic N) is 5. The molecule has 1 aromatic carbocycles. The Bertz CT molecular complexity index is 961. The van der Waals surface area contributed by atoms with Gasteiger partial charge in [-0.25, -0.2) is 0 Å². The molecule has 7 nitrogen and oxygen atoms in total. The Morgan fingerprint density at radius 3 is 2.65 bits per heavy atom. The third-order valence-corrected chi connectivity index (χ3v) is 5.33. The number of Topliss-reactive ketones (excluding diaryl/α,β-unsaturated/α-hetero) is 1. The maximum Gasteiger partial charge on any atom is 0.214 e. The number of aromatic nitrogens is 5. The second-order valence-corrected chi connectivity index (χ2v) is 7.05. The molecule has 0 saturated carbocycles. The van der Waals surface area contributed by atoms with Gasteiger partial charge in [0.25, 0.3) is 0 Å². The molecule has 0 aliphatic heterocycles. The average Bonchev–Trinajstić information content (AvgIpc) is 3.20. The van der Waals surface area contributed by atoms with Crippen LogP contribution in [-0.2, 0) is 7.05 Å². The van der Waals surface area contributed by atoms with Gasteiger partial charge < -0.3 is 9.30 Å². The number of carbonyl (C=O) groups excluding carboxylic acids is 1. The van der Waals surface area contributed by atoms with Gasteiger partial charge in [-0.2, -0.15) is 4.68 Å². The number of thioether (sulfide) groups is 1. The quantitative estimate of drug-likeness (QED) is 0.490. The normalized spacial score (nSPS) is 11.0. The third-order valence-electron chi connectivity index (χ3n) is 4.41. The van der Waals surface area contributed by atoms with Gasteiger partial charge >= 0.3 is 0 Å². The number of carbonyl (C=O) groups is 1. The van der Waals surface area contributed by atoms with E-state index in [1.807, 2.05) is 56.7 Å². The molecule has 2 aromatic heterocycles. The lowest BCUT2D eigenvalue weighted by molar-refractivity contribution is 0.102. The zero-order valence-electron chi connectivity index (χ0n) is 15.5. The number of hydrogen-bond acceptors (Lipinski definition) is 6. The Kier molecular flexibility index (Phi) is 5.13. The van der Waals surface area contributed by atoms with E-state index in [2.05, 4.69) is 15.5 Å². The van der Waals surface area contributed by atoms with Crippen molar-refractivity contribution < 1.29 is 9.53 Å². The topological polar surface area (TPSA) is 74.8 Å². The maximum absolute atomic E-state index is 12.6. The highest BCUT2D eigenvalue weighted by Crippen LogP contribution is 2.27. The van der Waals surface area contributed by atoms with Crippen LogP contribution in [0.2, 0.25) is 0 Å². The predicted molar refractivity (Wildman–Crippen MR) is 100 cm³/mol. The average molecular weight is 371 g/mol. The number of hydrogen-bond donors (Lipinski definition) is 0. The van der Waals surface area contributed by atoms with Crippen LogP contribution in [-0.4, -0.2) is 43.4 Å². The Hall–Kier alpha value is -2.61. The standard InChI is InChI=1S/C18H21N5O2S/c1-11-6-7-17(25-5)15(8-11)23-18(19-20-21-23)26-10-16(24)14-9-12(2)22(4)13(14)3/h6-9H,10H2,1-5H3. The van der Waals surface area contributed by atoms with Crippen molar-refractivity contribution in [3.05, 3.63) is 46.8 Å². The SMILES string of the molecule is COc1ccc(C)cc1-n1nnnc1SCC(=O)c1cc(C)n(C)c1C. The smallest absolute Gasteiger partial charge is 0.214 e. The van der Waals surface area contributed by atoms with Gasteiger partial charge in [0.1, 0.15) is 11.4 Å². The molecule has 0 amide bonds. The van der Waals surface area contributed by atoms with Gasteiger partial charge in [-0.15, -0.1) is 5.10 Å². The fourth-order valence-corrected chi connectivity index (χ4v) is 3.50. The van der Waals surface area contributed by atoms with Crippen LogP contribution in [0.5, 0.6) is 5.75 Å². The highest BCUT2D eigenvalue weighted by atomic mass is 32.2. The summed E-state index contributed by atoms with van der Waals surface area (Å²) in [7, 11) is 3.56. The molecular formula is C18H21N5O2S. The Morgan fingerprint density at radius 2 is 2.00 bits per heavy atom. The van der Waals surface area contributed by atoms with Crippen LogP contribution < -0.4 is 4.74 Å². The molecule has 0 unspecified atom stereocenters. The van der Waals surface area contributed by atoms with Crippen molar-refractivity contribution in [2.75, 3.05) is 12.9 Å². The van der Waals surface area contributed by atoms with Crippen LogP contribution in [0.25, 0.3) is 5.69 Å². The van der Waals surface area contributed by atoms with E-state index in [0.29, 0.717) is 10.9 Å². The Morgan fingerprint density at radius 1 is 1.23 bits per heavy atom. The van der Waals surface area contributed by atoms with Gasteiger partial charge in [-0.05, 0) is 55.0 Å². The Balaban J connectivity index is 1.83. The van der Waals surface area contributed by atoms with Crippen molar-refractivity contribution in [3.63, 3.8) is 0 Å². The molecular weight excluding hydrogens is 350 g/mol. The number of tetrazole rings is 1. The van der Waals surface area contributed by atoms with Crippen molar-refractivity contribution in [2.45, 2.75) is 25.9 Å². The summed E-state index contributed by atoms with van der Waals surface area (Å²) < 4.78 is 9.03. The summed E-state index contributed by atoms with van der Waals surface area (Å²) in [5, 5.41) is 12.4. The van der Waals surface area contributed by atoms with E-state index < -0.39 is 0 Å². The molecule has 0 radical (unpaired) electrons. The molecule has 3 rings (SSSR count). The van der Waals surface area contributed by atoms with Crippen LogP contribution in [0.4, 0.5) is 0 Å². The zero-order valence-corrected chi connectivity index (χ0v) is 16.3. The van der Waals surface area contributed by atoms with Crippen molar-refractivity contribution in [1.29, 1.82) is 0 Å². The molecule has 0 aliphatic rings. The largest absolute Gasteiger partial charge is 0.494 e. The number of ketones is 1. The first-order valence-electron chi connectivity index (χ1n) is 8.14. The number of ether oxygens (including phenoxy) is 1. The highest BCUT2D eigenvalue weighted by Gasteiger charge is 2.18. The van der Waals surface area contributed by atoms with E-state index in [-0.39, 0.29) is 11.5 Å². The van der Waals surface area contributed by atoms with Crippen molar-refractivity contribution in [1.82, 2.24) is 24.8 Å². The fraction of sp³-hybridized carbons (Fsp3) is 0.333. The predicted octanol–water partition coefficient (Wildman–Crippen LogP) is 2.91. The summed E-state index contributed by atoms with van der Waals surface area (Å²) in [6.07, 6.45) is 0. The van der Waals surface area contributed by atoms with Crippen LogP contribution in [0.1, 0.15) is 27.3 Å². The molecule has 3 aromatic rings. The van der Waals surface area contributed by atoms with Crippen molar-refractivity contribution >= 4 is 17.5 Å². The minimum atomic E-state index is 0.0574. The van der Waals surface area contributed by atoms with Crippen molar-refractivity contribution in [3.8, 4) is 11.4 Å². The van der Waals surface area contributed by atoms with Gasteiger partial charge in [-0.1, -0.05) is 17.8 Å². The van der Waals surface area contributed by atoms with Crippen LogP contribution >= 0.6 is 11.8 Å². The molecule has 0 spiro atoms. The van der Waals surface area contributed by atoms with E-state index >= 15 is 0 Å². The highest BCUT2D eigenvalue weighted by molar-refractivity contribution is 7.99. The summed E-state index contributed by atoms with van der Waals surface area (Å²) in [4.78, 5) is 12.6. The zero-order chi connectivity index (χ0) is 18.8. The third kappa shape index (κ3) is 3.37. The molecule has 0 aliphatic carbocycles. The lowest BCUT2D eigenvalue weighted by atomic mass is 10.2. The van der Waals surface area contributed by atoms with Gasteiger partial charge in [0.05, 0.1) is 12.9 Å². The Labute approximate surface area is 156 Å². The first kappa shape index (κ1) is 18.2. The fourth-order valence-electron chi connectivity index (χ4n) is 2.73. The summed E-state index contributed by atoms with van der Waals surface area (Å²) in [6, 6.07) is 7.71. The van der Waals surface area contributed by atoms with Crippen LogP contribution in [0.3, 0.4) is 0 Å². The van der Waals surface area contributed by atoms with E-state index in [4.69, 9.17) is 4.74 Å². The minimum absolute atomic E-state index is 0.0574. The number of methoxy groups -OCH3 is 1. The number of aryl methyl sites for hydroxylation is 2. The number of rotatable bonds is 6. The molecule has 26 heavy (non-hydrogen) atoms. The molecule has 0 atom stereocenters. The molecule has 136 valence electrons.